The topological polar surface area (TPSA) is 32.3 Å². The summed E-state index contributed by atoms with van der Waals surface area (Å²) in [5, 5.41) is 3.59. The summed E-state index contributed by atoms with van der Waals surface area (Å²) < 4.78 is 13.8. The van der Waals surface area contributed by atoms with Crippen LogP contribution in [0.3, 0.4) is 0 Å². The van der Waals surface area contributed by atoms with Crippen molar-refractivity contribution >= 4 is 17.5 Å². The van der Waals surface area contributed by atoms with Crippen molar-refractivity contribution in [3.8, 4) is 0 Å². The highest BCUT2D eigenvalue weighted by molar-refractivity contribution is 6.30. The molecule has 1 aliphatic rings. The number of benzene rings is 2. The number of carbonyl (C=O) groups is 1. The largest absolute Gasteiger partial charge is 0.351 e. The molecule has 0 aromatic heterocycles. The van der Waals surface area contributed by atoms with Crippen molar-refractivity contribution in [3.63, 3.8) is 0 Å². The molecule has 1 aliphatic carbocycles. The van der Waals surface area contributed by atoms with Crippen LogP contribution in [-0.2, 0) is 17.9 Å². The molecule has 1 N–H and O–H groups in total. The molecule has 2 aromatic carbocycles. The lowest BCUT2D eigenvalue weighted by molar-refractivity contribution is -0.122. The van der Waals surface area contributed by atoms with Gasteiger partial charge in [0.05, 0.1) is 6.54 Å². The van der Waals surface area contributed by atoms with Crippen LogP contribution in [0.4, 0.5) is 4.39 Å². The van der Waals surface area contributed by atoms with Crippen molar-refractivity contribution in [3.05, 3.63) is 70.5 Å². The fourth-order valence-electron chi connectivity index (χ4n) is 2.64. The summed E-state index contributed by atoms with van der Waals surface area (Å²) in [6.45, 7) is 1.21. The number of rotatable bonds is 7. The van der Waals surface area contributed by atoms with Gasteiger partial charge in [-0.3, -0.25) is 9.69 Å². The van der Waals surface area contributed by atoms with Crippen LogP contribution in [0.1, 0.15) is 24.0 Å². The van der Waals surface area contributed by atoms with Gasteiger partial charge in [0.2, 0.25) is 5.91 Å². The highest BCUT2D eigenvalue weighted by Gasteiger charge is 2.30. The Labute approximate surface area is 146 Å². The van der Waals surface area contributed by atoms with Crippen LogP contribution in [0, 0.1) is 5.82 Å². The molecule has 0 aliphatic heterocycles. The Bertz CT molecular complexity index is 701. The lowest BCUT2D eigenvalue weighted by Gasteiger charge is -2.21. The maximum Gasteiger partial charge on any atom is 0.234 e. The molecule has 3 nitrogen and oxygen atoms in total. The van der Waals surface area contributed by atoms with Gasteiger partial charge in [-0.2, -0.15) is 0 Å². The minimum atomic E-state index is -0.218. The quantitative estimate of drug-likeness (QED) is 0.828. The van der Waals surface area contributed by atoms with Gasteiger partial charge in [-0.1, -0.05) is 41.9 Å². The van der Waals surface area contributed by atoms with Crippen molar-refractivity contribution in [2.75, 3.05) is 6.54 Å². The second kappa shape index (κ2) is 7.77. The second-order valence-electron chi connectivity index (χ2n) is 6.13. The van der Waals surface area contributed by atoms with Crippen LogP contribution in [0.2, 0.25) is 5.02 Å². The monoisotopic (exact) mass is 346 g/mol. The van der Waals surface area contributed by atoms with Crippen LogP contribution >= 0.6 is 11.6 Å². The number of halogens is 2. The molecular weight excluding hydrogens is 327 g/mol. The number of hydrogen-bond donors (Lipinski definition) is 1. The van der Waals surface area contributed by atoms with Crippen LogP contribution in [0.15, 0.2) is 48.5 Å². The number of amides is 1. The molecule has 0 heterocycles. The minimum Gasteiger partial charge on any atom is -0.351 e. The summed E-state index contributed by atoms with van der Waals surface area (Å²) in [7, 11) is 0. The Morgan fingerprint density at radius 1 is 1.17 bits per heavy atom. The minimum absolute atomic E-state index is 0.0480. The number of nitrogens with one attached hydrogen (secondary N) is 1. The molecule has 0 saturated heterocycles. The first-order chi connectivity index (χ1) is 11.6. The predicted octanol–water partition coefficient (Wildman–Crippen LogP) is 3.76. The van der Waals surface area contributed by atoms with Crippen molar-refractivity contribution in [1.29, 1.82) is 0 Å². The molecule has 1 saturated carbocycles. The van der Waals surface area contributed by atoms with Gasteiger partial charge in [0.15, 0.2) is 0 Å². The molecule has 0 spiro atoms. The van der Waals surface area contributed by atoms with E-state index in [0.717, 1.165) is 18.4 Å². The van der Waals surface area contributed by atoms with Gasteiger partial charge in [0.1, 0.15) is 5.82 Å². The van der Waals surface area contributed by atoms with Gasteiger partial charge in [-0.05, 0) is 36.6 Å². The number of carbonyl (C=O) groups excluding carboxylic acids is 1. The van der Waals surface area contributed by atoms with E-state index < -0.39 is 0 Å². The second-order valence-corrected chi connectivity index (χ2v) is 6.57. The standard InChI is InChI=1S/C19H20ClFN2O/c20-16-7-5-14(6-8-16)11-22-19(24)13-23(17-9-10-17)12-15-3-1-2-4-18(15)21/h1-8,17H,9-13H2,(H,22,24). The van der Waals surface area contributed by atoms with E-state index in [4.69, 9.17) is 11.6 Å². The van der Waals surface area contributed by atoms with E-state index in [2.05, 4.69) is 10.2 Å². The van der Waals surface area contributed by atoms with Crippen molar-refractivity contribution in [2.24, 2.45) is 0 Å². The molecular formula is C19H20ClFN2O. The maximum atomic E-state index is 13.8. The van der Waals surface area contributed by atoms with Gasteiger partial charge in [-0.25, -0.2) is 4.39 Å². The van der Waals surface area contributed by atoms with Gasteiger partial charge in [-0.15, -0.1) is 0 Å². The fourth-order valence-corrected chi connectivity index (χ4v) is 2.77. The first kappa shape index (κ1) is 16.9. The summed E-state index contributed by atoms with van der Waals surface area (Å²) >= 11 is 5.85. The highest BCUT2D eigenvalue weighted by Crippen LogP contribution is 2.28. The van der Waals surface area contributed by atoms with Crippen LogP contribution in [0.5, 0.6) is 0 Å². The van der Waals surface area contributed by atoms with Crippen molar-refractivity contribution < 1.29 is 9.18 Å². The van der Waals surface area contributed by atoms with Crippen LogP contribution in [0.25, 0.3) is 0 Å². The van der Waals surface area contributed by atoms with Crippen molar-refractivity contribution in [1.82, 2.24) is 10.2 Å². The average molecular weight is 347 g/mol. The van der Waals surface area contributed by atoms with E-state index in [1.807, 2.05) is 18.2 Å². The average Bonchev–Trinajstić information content (AvgIpc) is 3.41. The Kier molecular flexibility index (Phi) is 5.48. The van der Waals surface area contributed by atoms with Gasteiger partial charge in [0, 0.05) is 29.7 Å². The number of hydrogen-bond acceptors (Lipinski definition) is 2. The highest BCUT2D eigenvalue weighted by atomic mass is 35.5. The smallest absolute Gasteiger partial charge is 0.234 e. The summed E-state index contributed by atoms with van der Waals surface area (Å²) in [6, 6.07) is 14.5. The summed E-state index contributed by atoms with van der Waals surface area (Å²) in [4.78, 5) is 14.3. The van der Waals surface area contributed by atoms with E-state index in [0.29, 0.717) is 29.7 Å². The van der Waals surface area contributed by atoms with Crippen molar-refractivity contribution in [2.45, 2.75) is 32.0 Å². The Balaban J connectivity index is 1.54. The third kappa shape index (κ3) is 4.79. The Morgan fingerprint density at radius 3 is 2.54 bits per heavy atom. The van der Waals surface area contributed by atoms with E-state index >= 15 is 0 Å². The summed E-state index contributed by atoms with van der Waals surface area (Å²) in [5.41, 5.74) is 1.63. The lowest BCUT2D eigenvalue weighted by Crippen LogP contribution is -2.38. The third-order valence-electron chi connectivity index (χ3n) is 4.14. The third-order valence-corrected chi connectivity index (χ3v) is 4.40. The zero-order valence-corrected chi connectivity index (χ0v) is 14.1. The Morgan fingerprint density at radius 2 is 1.88 bits per heavy atom. The fraction of sp³-hybridized carbons (Fsp3) is 0.316. The molecule has 0 atom stereocenters. The van der Waals surface area contributed by atoms with E-state index in [9.17, 15) is 9.18 Å². The molecule has 126 valence electrons. The molecule has 24 heavy (non-hydrogen) atoms. The lowest BCUT2D eigenvalue weighted by atomic mass is 10.2. The predicted molar refractivity (Wildman–Crippen MR) is 93.1 cm³/mol. The molecule has 5 heteroatoms. The van der Waals surface area contributed by atoms with E-state index in [1.54, 1.807) is 24.3 Å². The zero-order chi connectivity index (χ0) is 16.9. The molecule has 3 rings (SSSR count). The first-order valence-corrected chi connectivity index (χ1v) is 8.48. The Hall–Kier alpha value is -1.91. The maximum absolute atomic E-state index is 13.8. The zero-order valence-electron chi connectivity index (χ0n) is 13.3. The SMILES string of the molecule is O=C(CN(Cc1ccccc1F)C1CC1)NCc1ccc(Cl)cc1. The molecule has 2 aromatic rings. The van der Waals surface area contributed by atoms with Gasteiger partial charge >= 0.3 is 0 Å². The van der Waals surface area contributed by atoms with E-state index in [-0.39, 0.29) is 18.3 Å². The van der Waals surface area contributed by atoms with E-state index in [1.165, 1.54) is 6.07 Å². The molecule has 1 amide bonds. The normalized spacial score (nSPS) is 14.0. The van der Waals surface area contributed by atoms with Gasteiger partial charge in [0.25, 0.3) is 0 Å². The number of nitrogens with zero attached hydrogens (tertiary/aromatic N) is 1. The molecule has 1 fully saturated rings. The van der Waals surface area contributed by atoms with Crippen LogP contribution in [-0.4, -0.2) is 23.4 Å². The molecule has 0 bridgehead atoms. The summed E-state index contributed by atoms with van der Waals surface area (Å²) in [5.74, 6) is -0.266. The molecule has 0 unspecified atom stereocenters. The first-order valence-electron chi connectivity index (χ1n) is 8.10. The van der Waals surface area contributed by atoms with Gasteiger partial charge < -0.3 is 5.32 Å². The summed E-state index contributed by atoms with van der Waals surface area (Å²) in [6.07, 6.45) is 2.14. The van der Waals surface area contributed by atoms with Crippen LogP contribution < -0.4 is 5.32 Å². The molecule has 0 radical (unpaired) electrons.